The minimum Gasteiger partial charge on any atom is -0.481 e. The second kappa shape index (κ2) is 5.99. The lowest BCUT2D eigenvalue weighted by Gasteiger charge is -2.34. The maximum atomic E-state index is 12.4. The van der Waals surface area contributed by atoms with Gasteiger partial charge in [0.1, 0.15) is 0 Å². The molecule has 0 bridgehead atoms. The third kappa shape index (κ3) is 3.71. The molecule has 1 aliphatic carbocycles. The van der Waals surface area contributed by atoms with Crippen molar-refractivity contribution in [1.82, 2.24) is 9.03 Å². The summed E-state index contributed by atoms with van der Waals surface area (Å²) in [7, 11) is -3.49. The fourth-order valence-corrected chi connectivity index (χ4v) is 5.09. The van der Waals surface area contributed by atoms with Gasteiger partial charge in [0, 0.05) is 19.1 Å². The van der Waals surface area contributed by atoms with Crippen LogP contribution in [0.15, 0.2) is 0 Å². The summed E-state index contributed by atoms with van der Waals surface area (Å²) in [5.41, 5.74) is 0. The van der Waals surface area contributed by atoms with Crippen molar-refractivity contribution in [2.45, 2.75) is 45.6 Å². The van der Waals surface area contributed by atoms with Crippen molar-refractivity contribution < 1.29 is 18.3 Å². The third-order valence-corrected chi connectivity index (χ3v) is 5.88. The molecule has 2 N–H and O–H groups in total. The fraction of sp³-hybridized carbons (Fsp3) is 0.923. The van der Waals surface area contributed by atoms with Crippen molar-refractivity contribution in [1.29, 1.82) is 0 Å². The van der Waals surface area contributed by atoms with Gasteiger partial charge in [0.15, 0.2) is 0 Å². The number of rotatable bonds is 4. The molecule has 6 nitrogen and oxygen atoms in total. The van der Waals surface area contributed by atoms with Crippen molar-refractivity contribution in [3.05, 3.63) is 0 Å². The second-order valence-electron chi connectivity index (χ2n) is 6.43. The van der Waals surface area contributed by atoms with Gasteiger partial charge in [-0.25, -0.2) is 0 Å². The molecule has 1 saturated carbocycles. The number of nitrogens with one attached hydrogen (secondary N) is 1. The SMILES string of the molecule is CC1CC(C)CN(S(=O)(=O)NC2CCC(C(=O)O)C2)C1. The molecule has 4 atom stereocenters. The van der Waals surface area contributed by atoms with Gasteiger partial charge in [-0.3, -0.25) is 4.79 Å². The summed E-state index contributed by atoms with van der Waals surface area (Å²) in [6, 6.07) is -0.242. The van der Waals surface area contributed by atoms with Crippen LogP contribution in [0.25, 0.3) is 0 Å². The first kappa shape index (κ1) is 15.7. The van der Waals surface area contributed by atoms with Crippen molar-refractivity contribution in [3.8, 4) is 0 Å². The standard InChI is InChI=1S/C13H24N2O4S/c1-9-5-10(2)8-15(7-9)20(18,19)14-12-4-3-11(6-12)13(16)17/h9-12,14H,3-8H2,1-2H3,(H,16,17). The van der Waals surface area contributed by atoms with E-state index in [0.29, 0.717) is 44.2 Å². The Labute approximate surface area is 120 Å². The zero-order chi connectivity index (χ0) is 14.9. The molecule has 2 aliphatic rings. The maximum absolute atomic E-state index is 12.4. The molecule has 116 valence electrons. The van der Waals surface area contributed by atoms with Gasteiger partial charge in [-0.15, -0.1) is 0 Å². The number of piperidine rings is 1. The number of carbonyl (C=O) groups is 1. The Morgan fingerprint density at radius 1 is 1.15 bits per heavy atom. The summed E-state index contributed by atoms with van der Waals surface area (Å²) in [5, 5.41) is 8.96. The van der Waals surface area contributed by atoms with Crippen molar-refractivity contribution in [2.24, 2.45) is 17.8 Å². The van der Waals surface area contributed by atoms with Gasteiger partial charge >= 0.3 is 5.97 Å². The molecule has 4 unspecified atom stereocenters. The van der Waals surface area contributed by atoms with Crippen LogP contribution in [0.2, 0.25) is 0 Å². The highest BCUT2D eigenvalue weighted by Gasteiger charge is 2.36. The third-order valence-electron chi connectivity index (χ3n) is 4.27. The minimum atomic E-state index is -3.49. The zero-order valence-electron chi connectivity index (χ0n) is 12.1. The lowest BCUT2D eigenvalue weighted by Crippen LogP contribution is -2.50. The van der Waals surface area contributed by atoms with Crippen LogP contribution >= 0.6 is 0 Å². The monoisotopic (exact) mass is 304 g/mol. The summed E-state index contributed by atoms with van der Waals surface area (Å²) in [6.45, 7) is 5.23. The van der Waals surface area contributed by atoms with E-state index in [2.05, 4.69) is 18.6 Å². The molecule has 0 spiro atoms. The zero-order valence-corrected chi connectivity index (χ0v) is 12.9. The highest BCUT2D eigenvalue weighted by atomic mass is 32.2. The molecule has 0 radical (unpaired) electrons. The summed E-state index contributed by atoms with van der Waals surface area (Å²) in [4.78, 5) is 10.9. The first-order valence-corrected chi connectivity index (χ1v) is 8.72. The topological polar surface area (TPSA) is 86.7 Å². The number of aliphatic carboxylic acids is 1. The van der Waals surface area contributed by atoms with Gasteiger partial charge < -0.3 is 5.11 Å². The molecule has 0 aromatic carbocycles. The van der Waals surface area contributed by atoms with E-state index < -0.39 is 22.1 Å². The van der Waals surface area contributed by atoms with E-state index in [9.17, 15) is 13.2 Å². The first-order valence-electron chi connectivity index (χ1n) is 7.28. The van der Waals surface area contributed by atoms with Crippen LogP contribution in [0.5, 0.6) is 0 Å². The van der Waals surface area contributed by atoms with Crippen LogP contribution in [-0.4, -0.2) is 42.9 Å². The predicted molar refractivity (Wildman–Crippen MR) is 75.3 cm³/mol. The van der Waals surface area contributed by atoms with Gasteiger partial charge in [-0.05, 0) is 37.5 Å². The number of hydrogen-bond acceptors (Lipinski definition) is 3. The molecule has 0 amide bonds. The molecule has 1 saturated heterocycles. The molecule has 0 aromatic rings. The summed E-state index contributed by atoms with van der Waals surface area (Å²) in [5.74, 6) is -0.509. The number of carboxylic acids is 1. The highest BCUT2D eigenvalue weighted by Crippen LogP contribution is 2.28. The Balaban J connectivity index is 1.96. The van der Waals surface area contributed by atoms with E-state index in [1.54, 1.807) is 0 Å². The van der Waals surface area contributed by atoms with Gasteiger partial charge in [0.25, 0.3) is 10.2 Å². The van der Waals surface area contributed by atoms with Gasteiger partial charge in [0.05, 0.1) is 5.92 Å². The van der Waals surface area contributed by atoms with Crippen LogP contribution < -0.4 is 4.72 Å². The Bertz CT molecular complexity index is 455. The van der Waals surface area contributed by atoms with Gasteiger partial charge in [-0.2, -0.15) is 17.4 Å². The Kier molecular flexibility index (Phi) is 4.71. The molecule has 7 heteroatoms. The predicted octanol–water partition coefficient (Wildman–Crippen LogP) is 1.05. The smallest absolute Gasteiger partial charge is 0.306 e. The lowest BCUT2D eigenvalue weighted by molar-refractivity contribution is -0.141. The molecule has 2 fully saturated rings. The number of carboxylic acid groups (broad SMARTS) is 1. The molecule has 2 rings (SSSR count). The van der Waals surface area contributed by atoms with Crippen molar-refractivity contribution in [3.63, 3.8) is 0 Å². The fourth-order valence-electron chi connectivity index (χ4n) is 3.40. The largest absolute Gasteiger partial charge is 0.481 e. The van der Waals surface area contributed by atoms with Crippen LogP contribution in [0.1, 0.15) is 39.5 Å². The maximum Gasteiger partial charge on any atom is 0.306 e. The minimum absolute atomic E-state index is 0.242. The molecule has 0 aromatic heterocycles. The molecular formula is C13H24N2O4S. The first-order chi connectivity index (χ1) is 9.28. The normalized spacial score (nSPS) is 36.1. The average molecular weight is 304 g/mol. The van der Waals surface area contributed by atoms with Gasteiger partial charge in [-0.1, -0.05) is 13.8 Å². The van der Waals surface area contributed by atoms with Crippen LogP contribution in [0, 0.1) is 17.8 Å². The van der Waals surface area contributed by atoms with E-state index >= 15 is 0 Å². The summed E-state index contributed by atoms with van der Waals surface area (Å²) in [6.07, 6.45) is 2.61. The van der Waals surface area contributed by atoms with E-state index in [-0.39, 0.29) is 6.04 Å². The Morgan fingerprint density at radius 2 is 1.75 bits per heavy atom. The van der Waals surface area contributed by atoms with E-state index in [1.807, 2.05) is 0 Å². The van der Waals surface area contributed by atoms with Crippen LogP contribution in [0.4, 0.5) is 0 Å². The Hall–Kier alpha value is -0.660. The van der Waals surface area contributed by atoms with Crippen molar-refractivity contribution >= 4 is 16.2 Å². The van der Waals surface area contributed by atoms with Crippen LogP contribution in [0.3, 0.4) is 0 Å². The average Bonchev–Trinajstić information content (AvgIpc) is 2.75. The summed E-state index contributed by atoms with van der Waals surface area (Å²) < 4.78 is 29.0. The lowest BCUT2D eigenvalue weighted by atomic mass is 9.94. The molecule has 20 heavy (non-hydrogen) atoms. The molecule has 1 heterocycles. The summed E-state index contributed by atoms with van der Waals surface area (Å²) >= 11 is 0. The molecule has 1 aliphatic heterocycles. The van der Waals surface area contributed by atoms with Gasteiger partial charge in [0.2, 0.25) is 0 Å². The second-order valence-corrected chi connectivity index (χ2v) is 8.13. The Morgan fingerprint density at radius 3 is 2.25 bits per heavy atom. The van der Waals surface area contributed by atoms with Crippen LogP contribution in [-0.2, 0) is 15.0 Å². The van der Waals surface area contributed by atoms with Crippen molar-refractivity contribution in [2.75, 3.05) is 13.1 Å². The number of hydrogen-bond donors (Lipinski definition) is 2. The highest BCUT2D eigenvalue weighted by molar-refractivity contribution is 7.87. The molecular weight excluding hydrogens is 280 g/mol. The van der Waals surface area contributed by atoms with E-state index in [0.717, 1.165) is 6.42 Å². The number of nitrogens with zero attached hydrogens (tertiary/aromatic N) is 1. The van der Waals surface area contributed by atoms with E-state index in [1.165, 1.54) is 4.31 Å². The quantitative estimate of drug-likeness (QED) is 0.813. The van der Waals surface area contributed by atoms with E-state index in [4.69, 9.17) is 5.11 Å².